The Morgan fingerprint density at radius 1 is 1.50 bits per heavy atom. The third kappa shape index (κ3) is 4.70. The van der Waals surface area contributed by atoms with Crippen molar-refractivity contribution in [2.75, 3.05) is 38.8 Å². The number of alkyl halides is 1. The number of halogens is 1. The van der Waals surface area contributed by atoms with Gasteiger partial charge in [-0.25, -0.2) is 4.98 Å². The van der Waals surface area contributed by atoms with Crippen molar-refractivity contribution in [1.82, 2.24) is 4.98 Å². The molecule has 102 valence electrons. The summed E-state index contributed by atoms with van der Waals surface area (Å²) in [5.41, 5.74) is 0. The van der Waals surface area contributed by atoms with Crippen molar-refractivity contribution < 1.29 is 9.47 Å². The molecule has 0 spiro atoms. The first-order chi connectivity index (χ1) is 8.69. The molecular formula is C13H21ClN2O2. The normalized spacial score (nSPS) is 12.2. The Bertz CT molecular complexity index is 350. The molecule has 1 aromatic rings. The summed E-state index contributed by atoms with van der Waals surface area (Å²) in [7, 11) is 3.60. The van der Waals surface area contributed by atoms with Crippen LogP contribution in [0.5, 0.6) is 5.75 Å². The van der Waals surface area contributed by atoms with Gasteiger partial charge in [0.15, 0.2) is 11.6 Å². The fourth-order valence-corrected chi connectivity index (χ4v) is 1.94. The van der Waals surface area contributed by atoms with Gasteiger partial charge in [-0.1, -0.05) is 6.92 Å². The lowest BCUT2D eigenvalue weighted by Crippen LogP contribution is -2.29. The number of anilines is 1. The predicted octanol–water partition coefficient (Wildman–Crippen LogP) is 2.56. The molecule has 0 aliphatic carbocycles. The molecule has 0 saturated heterocycles. The Morgan fingerprint density at radius 2 is 2.28 bits per heavy atom. The number of aromatic nitrogens is 1. The first kappa shape index (κ1) is 15.1. The fraction of sp³-hybridized carbons (Fsp3) is 0.615. The average Bonchev–Trinajstić information content (AvgIpc) is 2.36. The van der Waals surface area contributed by atoms with Crippen molar-refractivity contribution in [3.8, 4) is 5.75 Å². The molecule has 0 fully saturated rings. The van der Waals surface area contributed by atoms with E-state index in [0.717, 1.165) is 18.0 Å². The predicted molar refractivity (Wildman–Crippen MR) is 74.8 cm³/mol. The third-order valence-electron chi connectivity index (χ3n) is 2.39. The van der Waals surface area contributed by atoms with E-state index in [9.17, 15) is 0 Å². The van der Waals surface area contributed by atoms with Crippen LogP contribution in [0.2, 0.25) is 0 Å². The molecule has 18 heavy (non-hydrogen) atoms. The Hall–Kier alpha value is -1.00. The highest BCUT2D eigenvalue weighted by Crippen LogP contribution is 2.24. The van der Waals surface area contributed by atoms with Crippen LogP contribution >= 0.6 is 11.6 Å². The Labute approximate surface area is 114 Å². The van der Waals surface area contributed by atoms with Crippen molar-refractivity contribution in [2.45, 2.75) is 18.7 Å². The molecule has 0 aromatic carbocycles. The van der Waals surface area contributed by atoms with E-state index in [1.807, 2.05) is 24.1 Å². The van der Waals surface area contributed by atoms with Gasteiger partial charge in [0.2, 0.25) is 0 Å². The maximum Gasteiger partial charge on any atom is 0.171 e. The number of hydrogen-bond acceptors (Lipinski definition) is 4. The summed E-state index contributed by atoms with van der Waals surface area (Å²) >= 11 is 6.15. The highest BCUT2D eigenvalue weighted by atomic mass is 35.5. The van der Waals surface area contributed by atoms with Gasteiger partial charge in [0.1, 0.15) is 0 Å². The first-order valence-electron chi connectivity index (χ1n) is 6.11. The highest BCUT2D eigenvalue weighted by Gasteiger charge is 2.13. The lowest BCUT2D eigenvalue weighted by atomic mass is 10.3. The van der Waals surface area contributed by atoms with Crippen molar-refractivity contribution in [1.29, 1.82) is 0 Å². The highest BCUT2D eigenvalue weighted by molar-refractivity contribution is 6.21. The maximum atomic E-state index is 6.15. The zero-order valence-corrected chi connectivity index (χ0v) is 12.0. The van der Waals surface area contributed by atoms with Gasteiger partial charge in [-0.15, -0.1) is 11.6 Å². The molecule has 0 bridgehead atoms. The van der Waals surface area contributed by atoms with Crippen LogP contribution in [0.15, 0.2) is 18.3 Å². The van der Waals surface area contributed by atoms with E-state index < -0.39 is 0 Å². The minimum atomic E-state index is -0.0685. The van der Waals surface area contributed by atoms with Crippen molar-refractivity contribution in [2.24, 2.45) is 0 Å². The van der Waals surface area contributed by atoms with Crippen LogP contribution in [0.4, 0.5) is 5.82 Å². The zero-order valence-electron chi connectivity index (χ0n) is 11.2. The van der Waals surface area contributed by atoms with Gasteiger partial charge in [0.05, 0.1) is 18.6 Å². The van der Waals surface area contributed by atoms with E-state index in [0.29, 0.717) is 19.8 Å². The molecule has 5 heteroatoms. The van der Waals surface area contributed by atoms with Gasteiger partial charge in [-0.2, -0.15) is 0 Å². The summed E-state index contributed by atoms with van der Waals surface area (Å²) in [6.45, 7) is 3.95. The van der Waals surface area contributed by atoms with E-state index in [4.69, 9.17) is 21.1 Å². The van der Waals surface area contributed by atoms with Gasteiger partial charge in [0, 0.05) is 26.9 Å². The lowest BCUT2D eigenvalue weighted by Gasteiger charge is -2.23. The summed E-state index contributed by atoms with van der Waals surface area (Å²) in [4.78, 5) is 6.33. The standard InChI is InChI=1S/C13H21ClN2O2/c1-4-8-18-12-6-5-7-15-13(12)16(2)9-11(14)10-17-3/h5-7,11H,4,8-10H2,1-3H3. The second-order valence-electron chi connectivity index (χ2n) is 4.11. The number of methoxy groups -OCH3 is 1. The summed E-state index contributed by atoms with van der Waals surface area (Å²) in [6, 6.07) is 3.80. The molecule has 1 rings (SSSR count). The SMILES string of the molecule is CCCOc1cccnc1N(C)CC(Cl)COC. The molecule has 0 saturated carbocycles. The smallest absolute Gasteiger partial charge is 0.171 e. The Morgan fingerprint density at radius 3 is 2.94 bits per heavy atom. The molecule has 1 aromatic heterocycles. The van der Waals surface area contributed by atoms with Gasteiger partial charge < -0.3 is 14.4 Å². The molecule has 1 heterocycles. The second-order valence-corrected chi connectivity index (χ2v) is 4.72. The molecule has 4 nitrogen and oxygen atoms in total. The lowest BCUT2D eigenvalue weighted by molar-refractivity contribution is 0.199. The van der Waals surface area contributed by atoms with E-state index in [-0.39, 0.29) is 5.38 Å². The first-order valence-corrected chi connectivity index (χ1v) is 6.54. The molecule has 0 N–H and O–H groups in total. The van der Waals surface area contributed by atoms with Crippen molar-refractivity contribution in [3.63, 3.8) is 0 Å². The van der Waals surface area contributed by atoms with Gasteiger partial charge in [-0.05, 0) is 18.6 Å². The number of rotatable bonds is 8. The van der Waals surface area contributed by atoms with Crippen LogP contribution in [-0.4, -0.2) is 44.3 Å². The molecule has 0 aliphatic rings. The summed E-state index contributed by atoms with van der Waals surface area (Å²) < 4.78 is 10.7. The van der Waals surface area contributed by atoms with E-state index in [1.54, 1.807) is 13.3 Å². The monoisotopic (exact) mass is 272 g/mol. The van der Waals surface area contributed by atoms with Crippen LogP contribution < -0.4 is 9.64 Å². The second kappa shape index (κ2) is 8.16. The molecule has 0 radical (unpaired) electrons. The zero-order chi connectivity index (χ0) is 13.4. The number of nitrogens with zero attached hydrogens (tertiary/aromatic N) is 2. The third-order valence-corrected chi connectivity index (χ3v) is 2.66. The molecule has 1 atom stereocenters. The van der Waals surface area contributed by atoms with Gasteiger partial charge in [0.25, 0.3) is 0 Å². The topological polar surface area (TPSA) is 34.6 Å². The summed E-state index contributed by atoms with van der Waals surface area (Å²) in [5, 5.41) is -0.0685. The van der Waals surface area contributed by atoms with Gasteiger partial charge in [-0.3, -0.25) is 0 Å². The largest absolute Gasteiger partial charge is 0.490 e. The van der Waals surface area contributed by atoms with Crippen LogP contribution in [0.3, 0.4) is 0 Å². The number of ether oxygens (including phenoxy) is 2. The minimum Gasteiger partial charge on any atom is -0.490 e. The summed E-state index contributed by atoms with van der Waals surface area (Å²) in [5.74, 6) is 1.61. The summed E-state index contributed by atoms with van der Waals surface area (Å²) in [6.07, 6.45) is 2.73. The fourth-order valence-electron chi connectivity index (χ4n) is 1.61. The van der Waals surface area contributed by atoms with Gasteiger partial charge >= 0.3 is 0 Å². The Kier molecular flexibility index (Phi) is 6.83. The molecule has 0 aliphatic heterocycles. The van der Waals surface area contributed by atoms with Crippen LogP contribution in [0.25, 0.3) is 0 Å². The van der Waals surface area contributed by atoms with E-state index in [2.05, 4.69) is 11.9 Å². The van der Waals surface area contributed by atoms with Crippen molar-refractivity contribution >= 4 is 17.4 Å². The van der Waals surface area contributed by atoms with Crippen LogP contribution in [0, 0.1) is 0 Å². The van der Waals surface area contributed by atoms with E-state index in [1.165, 1.54) is 0 Å². The molecule has 1 unspecified atom stereocenters. The van der Waals surface area contributed by atoms with E-state index >= 15 is 0 Å². The number of hydrogen-bond donors (Lipinski definition) is 0. The van der Waals surface area contributed by atoms with Crippen molar-refractivity contribution in [3.05, 3.63) is 18.3 Å². The minimum absolute atomic E-state index is 0.0685. The molecule has 0 amide bonds. The Balaban J connectivity index is 2.68. The maximum absolute atomic E-state index is 6.15. The number of pyridine rings is 1. The van der Waals surface area contributed by atoms with Crippen LogP contribution in [0.1, 0.15) is 13.3 Å². The average molecular weight is 273 g/mol. The quantitative estimate of drug-likeness (QED) is 0.681. The molecular weight excluding hydrogens is 252 g/mol. The van der Waals surface area contributed by atoms with Crippen LogP contribution in [-0.2, 0) is 4.74 Å².